The number of rotatable bonds is 4. The SMILES string of the molecule is CC(C)CN(C)Cc1cccc(C#N)c1. The first-order chi connectivity index (χ1) is 7.11. The lowest BCUT2D eigenvalue weighted by Gasteiger charge is -2.18. The van der Waals surface area contributed by atoms with Gasteiger partial charge in [0, 0.05) is 13.1 Å². The van der Waals surface area contributed by atoms with Gasteiger partial charge in [0.15, 0.2) is 0 Å². The Bertz CT molecular complexity index is 350. The van der Waals surface area contributed by atoms with Crippen LogP contribution in [0.1, 0.15) is 25.0 Å². The summed E-state index contributed by atoms with van der Waals surface area (Å²) in [6, 6.07) is 9.97. The standard InChI is InChI=1S/C13H18N2/c1-11(2)9-15(3)10-13-6-4-5-12(7-13)8-14/h4-7,11H,9-10H2,1-3H3. The summed E-state index contributed by atoms with van der Waals surface area (Å²) in [6.45, 7) is 6.41. The van der Waals surface area contributed by atoms with Crippen LogP contribution in [0.2, 0.25) is 0 Å². The molecule has 1 rings (SSSR count). The lowest BCUT2D eigenvalue weighted by atomic mass is 10.1. The molecule has 0 saturated heterocycles. The summed E-state index contributed by atoms with van der Waals surface area (Å²) in [5.74, 6) is 0.675. The molecule has 0 N–H and O–H groups in total. The van der Waals surface area contributed by atoms with E-state index in [1.54, 1.807) is 0 Å². The Morgan fingerprint density at radius 3 is 2.73 bits per heavy atom. The lowest BCUT2D eigenvalue weighted by molar-refractivity contribution is 0.288. The topological polar surface area (TPSA) is 27.0 Å². The molecule has 0 saturated carbocycles. The summed E-state index contributed by atoms with van der Waals surface area (Å²) in [5, 5.41) is 8.78. The van der Waals surface area contributed by atoms with Crippen molar-refractivity contribution in [2.75, 3.05) is 13.6 Å². The summed E-state index contributed by atoms with van der Waals surface area (Å²) in [4.78, 5) is 2.28. The van der Waals surface area contributed by atoms with Gasteiger partial charge in [-0.1, -0.05) is 26.0 Å². The van der Waals surface area contributed by atoms with Gasteiger partial charge in [-0.3, -0.25) is 0 Å². The molecule has 1 aromatic carbocycles. The molecule has 2 nitrogen and oxygen atoms in total. The van der Waals surface area contributed by atoms with E-state index < -0.39 is 0 Å². The van der Waals surface area contributed by atoms with Gasteiger partial charge in [-0.25, -0.2) is 0 Å². The smallest absolute Gasteiger partial charge is 0.0991 e. The zero-order valence-electron chi connectivity index (χ0n) is 9.70. The second kappa shape index (κ2) is 5.53. The molecule has 0 amide bonds. The summed E-state index contributed by atoms with van der Waals surface area (Å²) in [7, 11) is 2.11. The van der Waals surface area contributed by atoms with Gasteiger partial charge in [0.1, 0.15) is 0 Å². The van der Waals surface area contributed by atoms with Gasteiger partial charge in [0.05, 0.1) is 11.6 Å². The van der Waals surface area contributed by atoms with E-state index in [9.17, 15) is 0 Å². The van der Waals surface area contributed by atoms with Crippen molar-refractivity contribution >= 4 is 0 Å². The van der Waals surface area contributed by atoms with Crippen molar-refractivity contribution in [1.29, 1.82) is 5.26 Å². The number of nitrogens with zero attached hydrogens (tertiary/aromatic N) is 2. The molecule has 0 heterocycles. The van der Waals surface area contributed by atoms with E-state index in [0.717, 1.165) is 18.7 Å². The predicted molar refractivity (Wildman–Crippen MR) is 62.3 cm³/mol. The van der Waals surface area contributed by atoms with Gasteiger partial charge >= 0.3 is 0 Å². The molecule has 2 heteroatoms. The van der Waals surface area contributed by atoms with Crippen LogP contribution in [-0.4, -0.2) is 18.5 Å². The summed E-state index contributed by atoms with van der Waals surface area (Å²) >= 11 is 0. The molecule has 0 radical (unpaired) electrons. The van der Waals surface area contributed by atoms with Gasteiger partial charge < -0.3 is 4.90 Å². The third-order valence-electron chi connectivity index (χ3n) is 2.19. The molecule has 1 aromatic rings. The quantitative estimate of drug-likeness (QED) is 0.750. The van der Waals surface area contributed by atoms with Gasteiger partial charge in [-0.15, -0.1) is 0 Å². The molecular formula is C13H18N2. The van der Waals surface area contributed by atoms with Gasteiger partial charge in [0.2, 0.25) is 0 Å². The Morgan fingerprint density at radius 2 is 2.13 bits per heavy atom. The molecule has 0 aliphatic rings. The van der Waals surface area contributed by atoms with Crippen LogP contribution in [0, 0.1) is 17.2 Å². The molecule has 0 aliphatic heterocycles. The maximum absolute atomic E-state index is 8.78. The normalized spacial score (nSPS) is 10.7. The van der Waals surface area contributed by atoms with E-state index >= 15 is 0 Å². The number of hydrogen-bond donors (Lipinski definition) is 0. The van der Waals surface area contributed by atoms with Crippen LogP contribution < -0.4 is 0 Å². The Morgan fingerprint density at radius 1 is 1.40 bits per heavy atom. The average Bonchev–Trinajstić information content (AvgIpc) is 2.16. The average molecular weight is 202 g/mol. The third kappa shape index (κ3) is 4.14. The third-order valence-corrected chi connectivity index (χ3v) is 2.19. The van der Waals surface area contributed by atoms with Crippen LogP contribution >= 0.6 is 0 Å². The van der Waals surface area contributed by atoms with Crippen LogP contribution in [0.5, 0.6) is 0 Å². The highest BCUT2D eigenvalue weighted by Gasteiger charge is 2.03. The molecule has 0 fully saturated rings. The monoisotopic (exact) mass is 202 g/mol. The second-order valence-electron chi connectivity index (χ2n) is 4.40. The van der Waals surface area contributed by atoms with Crippen LogP contribution in [0.4, 0.5) is 0 Å². The highest BCUT2D eigenvalue weighted by atomic mass is 15.1. The highest BCUT2D eigenvalue weighted by molar-refractivity contribution is 5.32. The molecule has 15 heavy (non-hydrogen) atoms. The summed E-state index contributed by atoms with van der Waals surface area (Å²) < 4.78 is 0. The lowest BCUT2D eigenvalue weighted by Crippen LogP contribution is -2.22. The first kappa shape index (κ1) is 11.7. The largest absolute Gasteiger partial charge is 0.302 e. The maximum atomic E-state index is 8.78. The summed E-state index contributed by atoms with van der Waals surface area (Å²) in [6.07, 6.45) is 0. The minimum Gasteiger partial charge on any atom is -0.302 e. The molecule has 0 unspecified atom stereocenters. The molecule has 0 bridgehead atoms. The first-order valence-corrected chi connectivity index (χ1v) is 5.29. The van der Waals surface area contributed by atoms with E-state index in [2.05, 4.69) is 37.9 Å². The molecule has 0 aromatic heterocycles. The zero-order chi connectivity index (χ0) is 11.3. The number of benzene rings is 1. The second-order valence-corrected chi connectivity index (χ2v) is 4.40. The van der Waals surface area contributed by atoms with Crippen molar-refractivity contribution in [2.24, 2.45) is 5.92 Å². The van der Waals surface area contributed by atoms with E-state index in [0.29, 0.717) is 5.92 Å². The van der Waals surface area contributed by atoms with E-state index in [1.165, 1.54) is 5.56 Å². The van der Waals surface area contributed by atoms with Gasteiger partial charge in [-0.05, 0) is 30.7 Å². The van der Waals surface area contributed by atoms with Gasteiger partial charge in [-0.2, -0.15) is 5.26 Å². The number of hydrogen-bond acceptors (Lipinski definition) is 2. The van der Waals surface area contributed by atoms with Crippen LogP contribution in [0.25, 0.3) is 0 Å². The molecule has 0 aliphatic carbocycles. The summed E-state index contributed by atoms with van der Waals surface area (Å²) in [5.41, 5.74) is 1.95. The van der Waals surface area contributed by atoms with Crippen molar-refractivity contribution in [2.45, 2.75) is 20.4 Å². The van der Waals surface area contributed by atoms with Crippen LogP contribution in [0.3, 0.4) is 0 Å². The van der Waals surface area contributed by atoms with Crippen molar-refractivity contribution in [3.05, 3.63) is 35.4 Å². The zero-order valence-corrected chi connectivity index (χ0v) is 9.70. The fourth-order valence-corrected chi connectivity index (χ4v) is 1.74. The maximum Gasteiger partial charge on any atom is 0.0991 e. The Kier molecular flexibility index (Phi) is 4.33. The molecular weight excluding hydrogens is 184 g/mol. The Balaban J connectivity index is 2.60. The van der Waals surface area contributed by atoms with Crippen LogP contribution in [0.15, 0.2) is 24.3 Å². The molecule has 80 valence electrons. The van der Waals surface area contributed by atoms with Crippen molar-refractivity contribution in [3.8, 4) is 6.07 Å². The van der Waals surface area contributed by atoms with E-state index in [4.69, 9.17) is 5.26 Å². The predicted octanol–water partition coefficient (Wildman–Crippen LogP) is 2.65. The fraction of sp³-hybridized carbons (Fsp3) is 0.462. The van der Waals surface area contributed by atoms with Crippen molar-refractivity contribution in [1.82, 2.24) is 4.90 Å². The highest BCUT2D eigenvalue weighted by Crippen LogP contribution is 2.07. The van der Waals surface area contributed by atoms with E-state index in [1.807, 2.05) is 18.2 Å². The van der Waals surface area contributed by atoms with Crippen LogP contribution in [-0.2, 0) is 6.54 Å². The fourth-order valence-electron chi connectivity index (χ4n) is 1.74. The number of nitriles is 1. The van der Waals surface area contributed by atoms with Crippen molar-refractivity contribution in [3.63, 3.8) is 0 Å². The van der Waals surface area contributed by atoms with Gasteiger partial charge in [0.25, 0.3) is 0 Å². The molecule has 0 spiro atoms. The Labute approximate surface area is 92.1 Å². The van der Waals surface area contributed by atoms with E-state index in [-0.39, 0.29) is 0 Å². The Hall–Kier alpha value is -1.33. The minimum atomic E-state index is 0.675. The molecule has 0 atom stereocenters. The minimum absolute atomic E-state index is 0.675. The van der Waals surface area contributed by atoms with Crippen molar-refractivity contribution < 1.29 is 0 Å². The first-order valence-electron chi connectivity index (χ1n) is 5.29.